The first kappa shape index (κ1) is 58.9. The molecule has 0 aromatic heterocycles. The van der Waals surface area contributed by atoms with E-state index in [1.165, 1.54) is 116 Å². The van der Waals surface area contributed by atoms with E-state index in [9.17, 15) is 14.4 Å². The fraction of sp³-hybridized carbons (Fsp3) is 0.732. The van der Waals surface area contributed by atoms with E-state index in [4.69, 9.17) is 14.2 Å². The lowest BCUT2D eigenvalue weighted by molar-refractivity contribution is -0.167. The number of hydrogen-bond donors (Lipinski definition) is 0. The zero-order valence-electron chi connectivity index (χ0n) is 40.6. The van der Waals surface area contributed by atoms with E-state index in [1.54, 1.807) is 0 Å². The predicted molar refractivity (Wildman–Crippen MR) is 265 cm³/mol. The average Bonchev–Trinajstić information content (AvgIpc) is 3.27. The van der Waals surface area contributed by atoms with Crippen LogP contribution >= 0.6 is 0 Å². The Morgan fingerprint density at radius 2 is 0.710 bits per heavy atom. The third-order valence-electron chi connectivity index (χ3n) is 11.0. The summed E-state index contributed by atoms with van der Waals surface area (Å²) in [5, 5.41) is 0. The molecule has 0 aromatic rings. The Morgan fingerprint density at radius 1 is 0.355 bits per heavy atom. The maximum atomic E-state index is 12.8. The molecule has 0 aliphatic carbocycles. The number of esters is 3. The Kier molecular flexibility index (Phi) is 47.9. The van der Waals surface area contributed by atoms with Crippen molar-refractivity contribution in [1.29, 1.82) is 0 Å². The predicted octanol–water partition coefficient (Wildman–Crippen LogP) is 17.0. The van der Waals surface area contributed by atoms with Gasteiger partial charge in [-0.15, -0.1) is 0 Å². The molecule has 0 heterocycles. The Morgan fingerprint density at radius 3 is 1.18 bits per heavy atom. The molecule has 0 fully saturated rings. The molecule has 356 valence electrons. The lowest BCUT2D eigenvalue weighted by Crippen LogP contribution is -2.30. The minimum atomic E-state index is -0.801. The number of carbonyl (C=O) groups excluding carboxylic acids is 3. The van der Waals surface area contributed by atoms with Crippen molar-refractivity contribution >= 4 is 17.9 Å². The summed E-state index contributed by atoms with van der Waals surface area (Å²) in [6, 6.07) is 0. The van der Waals surface area contributed by atoms with Crippen LogP contribution in [-0.2, 0) is 28.6 Å². The normalized spacial score (nSPS) is 12.6. The molecule has 0 N–H and O–H groups in total. The topological polar surface area (TPSA) is 78.9 Å². The number of hydrogen-bond acceptors (Lipinski definition) is 6. The summed E-state index contributed by atoms with van der Waals surface area (Å²) < 4.78 is 16.7. The molecule has 0 aliphatic rings. The molecule has 6 heteroatoms. The van der Waals surface area contributed by atoms with E-state index in [0.717, 1.165) is 83.5 Å². The monoisotopic (exact) mass is 865 g/mol. The van der Waals surface area contributed by atoms with Crippen LogP contribution in [0.1, 0.15) is 245 Å². The van der Waals surface area contributed by atoms with Crippen LogP contribution in [0.4, 0.5) is 0 Å². The van der Waals surface area contributed by atoms with Gasteiger partial charge in [-0.2, -0.15) is 0 Å². The first-order valence-corrected chi connectivity index (χ1v) is 26.0. The van der Waals surface area contributed by atoms with Crippen molar-refractivity contribution in [1.82, 2.24) is 0 Å². The minimum absolute atomic E-state index is 0.100. The summed E-state index contributed by atoms with van der Waals surface area (Å²) in [7, 11) is 0. The van der Waals surface area contributed by atoms with Crippen LogP contribution in [0.25, 0.3) is 0 Å². The van der Waals surface area contributed by atoms with Crippen LogP contribution in [0.15, 0.2) is 72.9 Å². The highest BCUT2D eigenvalue weighted by Gasteiger charge is 2.19. The summed E-state index contributed by atoms with van der Waals surface area (Å²) in [6.45, 7) is 6.44. The molecule has 1 unspecified atom stereocenters. The van der Waals surface area contributed by atoms with Crippen molar-refractivity contribution in [3.63, 3.8) is 0 Å². The van der Waals surface area contributed by atoms with Crippen molar-refractivity contribution in [3.05, 3.63) is 72.9 Å². The van der Waals surface area contributed by atoms with Gasteiger partial charge in [-0.25, -0.2) is 0 Å². The molecule has 0 spiro atoms. The maximum Gasteiger partial charge on any atom is 0.306 e. The molecular weight excluding hydrogens is 769 g/mol. The Hall–Kier alpha value is -3.15. The summed E-state index contributed by atoms with van der Waals surface area (Å²) >= 11 is 0. The maximum absolute atomic E-state index is 12.8. The molecular formula is C56H96O6. The van der Waals surface area contributed by atoms with Crippen LogP contribution in [0.2, 0.25) is 0 Å². The molecule has 1 atom stereocenters. The number of unbranched alkanes of at least 4 members (excludes halogenated alkanes) is 25. The number of carbonyl (C=O) groups is 3. The Balaban J connectivity index is 4.47. The average molecular weight is 865 g/mol. The molecule has 0 amide bonds. The largest absolute Gasteiger partial charge is 0.462 e. The second-order valence-corrected chi connectivity index (χ2v) is 17.1. The van der Waals surface area contributed by atoms with Gasteiger partial charge in [-0.3, -0.25) is 14.4 Å². The first-order valence-electron chi connectivity index (χ1n) is 26.0. The van der Waals surface area contributed by atoms with Gasteiger partial charge >= 0.3 is 17.9 Å². The van der Waals surface area contributed by atoms with Crippen molar-refractivity contribution in [2.45, 2.75) is 252 Å². The summed E-state index contributed by atoms with van der Waals surface area (Å²) in [5.41, 5.74) is 0. The first-order chi connectivity index (χ1) is 30.5. The quantitative estimate of drug-likeness (QED) is 0.0199. The fourth-order valence-electron chi connectivity index (χ4n) is 7.11. The van der Waals surface area contributed by atoms with E-state index < -0.39 is 6.10 Å². The molecule has 62 heavy (non-hydrogen) atoms. The minimum Gasteiger partial charge on any atom is -0.462 e. The summed E-state index contributed by atoms with van der Waals surface area (Å²) in [4.78, 5) is 37.9. The van der Waals surface area contributed by atoms with Crippen molar-refractivity contribution in [2.24, 2.45) is 0 Å². The molecule has 0 rings (SSSR count). The summed E-state index contributed by atoms with van der Waals surface area (Å²) in [5.74, 6) is -0.970. The van der Waals surface area contributed by atoms with Crippen molar-refractivity contribution in [3.8, 4) is 0 Å². The number of allylic oxidation sites excluding steroid dienone is 12. The zero-order chi connectivity index (χ0) is 45.1. The van der Waals surface area contributed by atoms with E-state index in [1.807, 2.05) is 0 Å². The number of rotatable bonds is 46. The van der Waals surface area contributed by atoms with Gasteiger partial charge in [0.05, 0.1) is 0 Å². The van der Waals surface area contributed by atoms with Crippen LogP contribution in [-0.4, -0.2) is 37.2 Å². The molecule has 6 nitrogen and oxygen atoms in total. The Bertz CT molecular complexity index is 1180. The molecule has 0 saturated heterocycles. The lowest BCUT2D eigenvalue weighted by atomic mass is 10.0. The second-order valence-electron chi connectivity index (χ2n) is 17.1. The third-order valence-corrected chi connectivity index (χ3v) is 11.0. The smallest absolute Gasteiger partial charge is 0.306 e. The molecule has 0 aromatic carbocycles. The van der Waals surface area contributed by atoms with E-state index in [2.05, 4.69) is 93.7 Å². The van der Waals surface area contributed by atoms with Crippen LogP contribution in [0.5, 0.6) is 0 Å². The van der Waals surface area contributed by atoms with Gasteiger partial charge in [0.2, 0.25) is 0 Å². The van der Waals surface area contributed by atoms with Crippen LogP contribution in [0.3, 0.4) is 0 Å². The molecule has 0 bridgehead atoms. The van der Waals surface area contributed by atoms with E-state index >= 15 is 0 Å². The van der Waals surface area contributed by atoms with Gasteiger partial charge < -0.3 is 14.2 Å². The van der Waals surface area contributed by atoms with Crippen molar-refractivity contribution < 1.29 is 28.6 Å². The fourth-order valence-corrected chi connectivity index (χ4v) is 7.11. The van der Waals surface area contributed by atoms with E-state index in [-0.39, 0.29) is 37.5 Å². The van der Waals surface area contributed by atoms with Gasteiger partial charge in [-0.1, -0.05) is 229 Å². The van der Waals surface area contributed by atoms with Crippen LogP contribution in [0, 0.1) is 0 Å². The van der Waals surface area contributed by atoms with Gasteiger partial charge in [0, 0.05) is 19.3 Å². The standard InChI is InChI=1S/C56H96O6/c1-4-7-10-13-16-19-22-25-27-28-29-32-34-37-40-43-46-49-55(58)61-52-53(51-60-54(57)48-45-42-39-36-33-30-24-21-18-15-12-9-6-3)62-56(59)50-47-44-41-38-35-31-26-23-20-17-14-11-8-5-2/h9,12,15,18,21,24-25,27,29,32,37,40,53H,4-8,10-11,13-14,16-17,19-20,22-23,26,28,30-31,33-36,38-39,41-52H2,1-3H3/b12-9-,18-15-,24-21-,27-25-,32-29-,40-37-. The molecule has 0 aliphatic heterocycles. The van der Waals surface area contributed by atoms with Gasteiger partial charge in [0.1, 0.15) is 13.2 Å². The summed E-state index contributed by atoms with van der Waals surface area (Å²) in [6.07, 6.45) is 63.2. The van der Waals surface area contributed by atoms with Crippen molar-refractivity contribution in [2.75, 3.05) is 13.2 Å². The van der Waals surface area contributed by atoms with Gasteiger partial charge in [-0.05, 0) is 70.6 Å². The highest BCUT2D eigenvalue weighted by atomic mass is 16.6. The SMILES string of the molecule is CC\C=C/C=C\C=C/CCCCCCCC(=O)OCC(COC(=O)CCC/C=C\C/C=C\C/C=C\CCCCCCCC)OC(=O)CCCCCCCCCCCCCCCC. The lowest BCUT2D eigenvalue weighted by Gasteiger charge is -2.18. The van der Waals surface area contributed by atoms with Gasteiger partial charge in [0.25, 0.3) is 0 Å². The highest BCUT2D eigenvalue weighted by molar-refractivity contribution is 5.71. The van der Waals surface area contributed by atoms with Gasteiger partial charge in [0.15, 0.2) is 6.10 Å². The number of ether oxygens (including phenoxy) is 3. The molecule has 0 saturated carbocycles. The zero-order valence-corrected chi connectivity index (χ0v) is 40.6. The second kappa shape index (κ2) is 50.5. The van der Waals surface area contributed by atoms with Crippen LogP contribution < -0.4 is 0 Å². The molecule has 0 radical (unpaired) electrons. The third kappa shape index (κ3) is 47.9. The Labute approximate surface area is 382 Å². The van der Waals surface area contributed by atoms with E-state index in [0.29, 0.717) is 19.3 Å². The highest BCUT2D eigenvalue weighted by Crippen LogP contribution is 2.15.